The average molecular weight is 281 g/mol. The van der Waals surface area contributed by atoms with E-state index in [0.717, 1.165) is 12.0 Å². The number of rotatable bonds is 7. The number of halogens is 1. The first kappa shape index (κ1) is 16.3. The molecule has 110 valence electrons. The van der Waals surface area contributed by atoms with Crippen LogP contribution >= 0.6 is 0 Å². The molecule has 0 saturated carbocycles. The molecule has 0 spiro atoms. The smallest absolute Gasteiger partial charge is 0.311 e. The van der Waals surface area contributed by atoms with Gasteiger partial charge in [-0.15, -0.1) is 0 Å². The van der Waals surface area contributed by atoms with Crippen LogP contribution in [0.25, 0.3) is 0 Å². The molecule has 0 bridgehead atoms. The second kappa shape index (κ2) is 7.14. The van der Waals surface area contributed by atoms with Crippen molar-refractivity contribution in [3.8, 4) is 5.75 Å². The lowest BCUT2D eigenvalue weighted by molar-refractivity contribution is -0.134. The van der Waals surface area contributed by atoms with E-state index >= 15 is 0 Å². The van der Waals surface area contributed by atoms with Crippen molar-refractivity contribution in [2.75, 3.05) is 6.67 Å². The molecule has 0 aliphatic heterocycles. The fourth-order valence-corrected chi connectivity index (χ4v) is 1.69. The van der Waals surface area contributed by atoms with Crippen LogP contribution in [-0.4, -0.2) is 24.0 Å². The van der Waals surface area contributed by atoms with Gasteiger partial charge in [-0.1, -0.05) is 19.1 Å². The van der Waals surface area contributed by atoms with Gasteiger partial charge < -0.3 is 10.5 Å². The van der Waals surface area contributed by atoms with Gasteiger partial charge in [0.1, 0.15) is 18.0 Å². The van der Waals surface area contributed by atoms with Crippen molar-refractivity contribution in [1.82, 2.24) is 0 Å². The highest BCUT2D eigenvalue weighted by atomic mass is 19.1. The van der Waals surface area contributed by atoms with Crippen molar-refractivity contribution in [1.29, 1.82) is 0 Å². The summed E-state index contributed by atoms with van der Waals surface area (Å²) in [5, 5.41) is 0. The Bertz CT molecular complexity index is 473. The molecule has 0 aliphatic rings. The second-order valence-corrected chi connectivity index (χ2v) is 4.89. The zero-order valence-electron chi connectivity index (χ0n) is 11.8. The van der Waals surface area contributed by atoms with E-state index in [1.54, 1.807) is 24.3 Å². The number of carbonyl (C=O) groups excluding carboxylic acids is 2. The minimum Gasteiger partial charge on any atom is -0.427 e. The normalized spacial score (nSPS) is 13.6. The van der Waals surface area contributed by atoms with Crippen molar-refractivity contribution in [2.24, 2.45) is 5.73 Å². The van der Waals surface area contributed by atoms with Crippen LogP contribution in [0.3, 0.4) is 0 Å². The van der Waals surface area contributed by atoms with E-state index in [1.807, 2.05) is 6.92 Å². The minimum absolute atomic E-state index is 0.113. The summed E-state index contributed by atoms with van der Waals surface area (Å²) in [7, 11) is 0. The maximum absolute atomic E-state index is 12.9. The molecule has 0 heterocycles. The molecule has 4 nitrogen and oxygen atoms in total. The summed E-state index contributed by atoms with van der Waals surface area (Å²) < 4.78 is 18.0. The van der Waals surface area contributed by atoms with E-state index in [9.17, 15) is 14.0 Å². The Hall–Kier alpha value is -1.75. The SMILES string of the molecule is CCCC(=O)Oc1ccc(CC(N)(CF)C(C)=O)cc1. The summed E-state index contributed by atoms with van der Waals surface area (Å²) in [6, 6.07) is 6.58. The van der Waals surface area contributed by atoms with Gasteiger partial charge in [-0.2, -0.15) is 0 Å². The van der Waals surface area contributed by atoms with Gasteiger partial charge >= 0.3 is 5.97 Å². The number of ether oxygens (including phenoxy) is 1. The predicted octanol–water partition coefficient (Wildman–Crippen LogP) is 2.19. The third kappa shape index (κ3) is 4.42. The monoisotopic (exact) mass is 281 g/mol. The molecular weight excluding hydrogens is 261 g/mol. The van der Waals surface area contributed by atoms with Crippen molar-refractivity contribution >= 4 is 11.8 Å². The van der Waals surface area contributed by atoms with E-state index < -0.39 is 18.0 Å². The number of esters is 1. The summed E-state index contributed by atoms with van der Waals surface area (Å²) in [5.41, 5.74) is 4.95. The highest BCUT2D eigenvalue weighted by molar-refractivity contribution is 5.86. The van der Waals surface area contributed by atoms with E-state index in [-0.39, 0.29) is 12.4 Å². The summed E-state index contributed by atoms with van der Waals surface area (Å²) in [6.45, 7) is 2.26. The highest BCUT2D eigenvalue weighted by Gasteiger charge is 2.30. The molecule has 0 aliphatic carbocycles. The third-order valence-corrected chi connectivity index (χ3v) is 3.07. The van der Waals surface area contributed by atoms with Crippen LogP contribution in [0, 0.1) is 0 Å². The van der Waals surface area contributed by atoms with Crippen LogP contribution in [0.5, 0.6) is 5.75 Å². The Morgan fingerprint density at radius 2 is 1.90 bits per heavy atom. The number of nitrogens with two attached hydrogens (primary N) is 1. The molecule has 2 N–H and O–H groups in total. The first-order valence-corrected chi connectivity index (χ1v) is 6.57. The van der Waals surface area contributed by atoms with E-state index in [1.165, 1.54) is 6.92 Å². The Balaban J connectivity index is 2.72. The van der Waals surface area contributed by atoms with Crippen LogP contribution in [0.15, 0.2) is 24.3 Å². The van der Waals surface area contributed by atoms with E-state index in [4.69, 9.17) is 10.5 Å². The first-order valence-electron chi connectivity index (χ1n) is 6.57. The topological polar surface area (TPSA) is 69.4 Å². The van der Waals surface area contributed by atoms with Gasteiger partial charge in [0.15, 0.2) is 5.78 Å². The summed E-state index contributed by atoms with van der Waals surface area (Å²) in [6.07, 6.45) is 1.20. The van der Waals surface area contributed by atoms with Crippen molar-refractivity contribution < 1.29 is 18.7 Å². The Morgan fingerprint density at radius 1 is 1.30 bits per heavy atom. The van der Waals surface area contributed by atoms with Crippen LogP contribution in [0.1, 0.15) is 32.3 Å². The number of Topliss-reactive ketones (excluding diaryl/α,β-unsaturated/α-hetero) is 1. The van der Waals surface area contributed by atoms with Gasteiger partial charge in [0.05, 0.1) is 0 Å². The standard InChI is InChI=1S/C15H20FNO3/c1-3-4-14(19)20-13-7-5-12(6-8-13)9-15(17,10-16)11(2)18/h5-8H,3-4,9-10,17H2,1-2H3. The lowest BCUT2D eigenvalue weighted by atomic mass is 9.89. The number of hydrogen-bond acceptors (Lipinski definition) is 4. The molecule has 0 fully saturated rings. The molecule has 1 aromatic carbocycles. The van der Waals surface area contributed by atoms with Crippen molar-refractivity contribution in [3.63, 3.8) is 0 Å². The quantitative estimate of drug-likeness (QED) is 0.614. The van der Waals surface area contributed by atoms with Gasteiger partial charge in [-0.05, 0) is 31.0 Å². The zero-order valence-corrected chi connectivity index (χ0v) is 11.8. The molecule has 0 aromatic heterocycles. The molecule has 5 heteroatoms. The average Bonchev–Trinajstić information content (AvgIpc) is 2.41. The lowest BCUT2D eigenvalue weighted by Crippen LogP contribution is -2.50. The number of carbonyl (C=O) groups is 2. The van der Waals surface area contributed by atoms with Crippen molar-refractivity contribution in [3.05, 3.63) is 29.8 Å². The number of ketones is 1. The Labute approximate surface area is 118 Å². The van der Waals surface area contributed by atoms with Gasteiger partial charge in [-0.25, -0.2) is 4.39 Å². The van der Waals surface area contributed by atoms with E-state index in [0.29, 0.717) is 12.2 Å². The zero-order chi connectivity index (χ0) is 15.2. The largest absolute Gasteiger partial charge is 0.427 e. The molecule has 0 radical (unpaired) electrons. The number of alkyl halides is 1. The van der Waals surface area contributed by atoms with Crippen LogP contribution in [0.2, 0.25) is 0 Å². The first-order chi connectivity index (χ1) is 9.41. The fraction of sp³-hybridized carbons (Fsp3) is 0.467. The molecule has 1 rings (SSSR count). The van der Waals surface area contributed by atoms with Crippen LogP contribution in [0.4, 0.5) is 4.39 Å². The summed E-state index contributed by atoms with van der Waals surface area (Å²) >= 11 is 0. The molecule has 1 aromatic rings. The summed E-state index contributed by atoms with van der Waals surface area (Å²) in [5.74, 6) is -0.253. The van der Waals surface area contributed by atoms with E-state index in [2.05, 4.69) is 0 Å². The van der Waals surface area contributed by atoms with Crippen LogP contribution < -0.4 is 10.5 Å². The molecule has 1 atom stereocenters. The molecule has 20 heavy (non-hydrogen) atoms. The van der Waals surface area contributed by atoms with Gasteiger partial charge in [0.25, 0.3) is 0 Å². The van der Waals surface area contributed by atoms with Crippen molar-refractivity contribution in [2.45, 2.75) is 38.6 Å². The Kier molecular flexibility index (Phi) is 5.82. The van der Waals surface area contributed by atoms with Crippen LogP contribution in [-0.2, 0) is 16.0 Å². The maximum atomic E-state index is 12.9. The molecular formula is C15H20FNO3. The second-order valence-electron chi connectivity index (χ2n) is 4.89. The molecule has 1 unspecified atom stereocenters. The predicted molar refractivity (Wildman–Crippen MR) is 74.3 cm³/mol. The lowest BCUT2D eigenvalue weighted by Gasteiger charge is -2.22. The number of benzene rings is 1. The third-order valence-electron chi connectivity index (χ3n) is 3.07. The molecule has 0 amide bonds. The summed E-state index contributed by atoms with van der Waals surface area (Å²) in [4.78, 5) is 22.7. The highest BCUT2D eigenvalue weighted by Crippen LogP contribution is 2.18. The van der Waals surface area contributed by atoms with Gasteiger partial charge in [0.2, 0.25) is 0 Å². The fourth-order valence-electron chi connectivity index (χ4n) is 1.69. The number of hydrogen-bond donors (Lipinski definition) is 1. The Morgan fingerprint density at radius 3 is 2.35 bits per heavy atom. The molecule has 0 saturated heterocycles. The minimum atomic E-state index is -1.49. The van der Waals surface area contributed by atoms with Gasteiger partial charge in [-0.3, -0.25) is 9.59 Å². The maximum Gasteiger partial charge on any atom is 0.311 e. The van der Waals surface area contributed by atoms with Gasteiger partial charge in [0, 0.05) is 12.8 Å².